The van der Waals surface area contributed by atoms with Gasteiger partial charge in [-0.1, -0.05) is 31.5 Å². The van der Waals surface area contributed by atoms with Crippen LogP contribution in [-0.2, 0) is 11.3 Å². The number of hydrogen-bond donors (Lipinski definition) is 1. The van der Waals surface area contributed by atoms with Crippen LogP contribution in [0.4, 0.5) is 9.18 Å². The van der Waals surface area contributed by atoms with Gasteiger partial charge in [0.2, 0.25) is 0 Å². The highest BCUT2D eigenvalue weighted by Crippen LogP contribution is 2.16. The molecule has 0 aromatic heterocycles. The molecule has 1 fully saturated rings. The standard InChI is InChI=1S/C13H15FN2O2/c1-2-5-11-12(17)16(13(18)15-11)8-9-6-3-4-7-10(9)14/h3-4,6-7,11H,2,5,8H2,1H3,(H,15,18)/t11-/m1/s1. The molecule has 1 atom stereocenters. The lowest BCUT2D eigenvalue weighted by molar-refractivity contribution is -0.128. The van der Waals surface area contributed by atoms with Crippen molar-refractivity contribution in [1.29, 1.82) is 0 Å². The van der Waals surface area contributed by atoms with E-state index in [4.69, 9.17) is 0 Å². The summed E-state index contributed by atoms with van der Waals surface area (Å²) < 4.78 is 13.5. The average molecular weight is 250 g/mol. The average Bonchev–Trinajstić information content (AvgIpc) is 2.60. The van der Waals surface area contributed by atoms with Crippen LogP contribution in [0.1, 0.15) is 25.3 Å². The first kappa shape index (κ1) is 12.5. The number of urea groups is 1. The summed E-state index contributed by atoms with van der Waals surface area (Å²) in [5, 5.41) is 2.61. The van der Waals surface area contributed by atoms with Crippen molar-refractivity contribution < 1.29 is 14.0 Å². The molecule has 0 unspecified atom stereocenters. The van der Waals surface area contributed by atoms with Crippen LogP contribution in [-0.4, -0.2) is 22.9 Å². The number of halogens is 1. The SMILES string of the molecule is CCC[C@H]1NC(=O)N(Cc2ccccc2F)C1=O. The lowest BCUT2D eigenvalue weighted by Crippen LogP contribution is -2.31. The number of rotatable bonds is 4. The monoisotopic (exact) mass is 250 g/mol. The Morgan fingerprint density at radius 2 is 2.06 bits per heavy atom. The van der Waals surface area contributed by atoms with E-state index in [2.05, 4.69) is 5.32 Å². The molecule has 1 aliphatic heterocycles. The molecule has 5 heteroatoms. The van der Waals surface area contributed by atoms with E-state index in [0.29, 0.717) is 12.0 Å². The van der Waals surface area contributed by atoms with Gasteiger partial charge in [-0.2, -0.15) is 0 Å². The predicted molar refractivity (Wildman–Crippen MR) is 64.2 cm³/mol. The minimum atomic E-state index is -0.464. The molecule has 96 valence electrons. The zero-order valence-corrected chi connectivity index (χ0v) is 10.1. The molecule has 0 spiro atoms. The third-order valence-corrected chi connectivity index (χ3v) is 2.97. The molecule has 1 saturated heterocycles. The van der Waals surface area contributed by atoms with E-state index in [1.807, 2.05) is 6.92 Å². The lowest BCUT2D eigenvalue weighted by atomic mass is 10.1. The first-order chi connectivity index (χ1) is 8.63. The zero-order chi connectivity index (χ0) is 13.1. The summed E-state index contributed by atoms with van der Waals surface area (Å²) in [7, 11) is 0. The normalized spacial score (nSPS) is 19.2. The Labute approximate surface area is 105 Å². The first-order valence-electron chi connectivity index (χ1n) is 5.98. The molecule has 0 saturated carbocycles. The minimum Gasteiger partial charge on any atom is -0.326 e. The van der Waals surface area contributed by atoms with E-state index < -0.39 is 17.9 Å². The van der Waals surface area contributed by atoms with Gasteiger partial charge in [0.05, 0.1) is 6.54 Å². The molecule has 0 aliphatic carbocycles. The van der Waals surface area contributed by atoms with Gasteiger partial charge < -0.3 is 5.32 Å². The topological polar surface area (TPSA) is 49.4 Å². The van der Waals surface area contributed by atoms with Crippen LogP contribution in [0.3, 0.4) is 0 Å². The van der Waals surface area contributed by atoms with Gasteiger partial charge in [0.1, 0.15) is 11.9 Å². The first-order valence-corrected chi connectivity index (χ1v) is 5.98. The van der Waals surface area contributed by atoms with Crippen molar-refractivity contribution >= 4 is 11.9 Å². The van der Waals surface area contributed by atoms with E-state index in [-0.39, 0.29) is 12.5 Å². The van der Waals surface area contributed by atoms with Crippen molar-refractivity contribution in [2.45, 2.75) is 32.4 Å². The molecule has 1 aliphatic rings. The van der Waals surface area contributed by atoms with Gasteiger partial charge in [0.15, 0.2) is 0 Å². The van der Waals surface area contributed by atoms with Crippen molar-refractivity contribution in [1.82, 2.24) is 10.2 Å². The molecule has 1 heterocycles. The number of imide groups is 1. The van der Waals surface area contributed by atoms with Gasteiger partial charge in [-0.15, -0.1) is 0 Å². The molecule has 1 N–H and O–H groups in total. The Morgan fingerprint density at radius 3 is 2.72 bits per heavy atom. The Morgan fingerprint density at radius 1 is 1.33 bits per heavy atom. The largest absolute Gasteiger partial charge is 0.326 e. The number of nitrogens with one attached hydrogen (secondary N) is 1. The number of benzene rings is 1. The highest BCUT2D eigenvalue weighted by atomic mass is 19.1. The fourth-order valence-corrected chi connectivity index (χ4v) is 2.01. The molecule has 4 nitrogen and oxygen atoms in total. The van der Waals surface area contributed by atoms with E-state index in [0.717, 1.165) is 11.3 Å². The van der Waals surface area contributed by atoms with E-state index in [1.165, 1.54) is 6.07 Å². The van der Waals surface area contributed by atoms with Gasteiger partial charge >= 0.3 is 6.03 Å². The summed E-state index contributed by atoms with van der Waals surface area (Å²) in [6.45, 7) is 1.93. The van der Waals surface area contributed by atoms with Crippen LogP contribution in [0, 0.1) is 5.82 Å². The smallest absolute Gasteiger partial charge is 0.325 e. The molecule has 0 radical (unpaired) electrons. The second kappa shape index (κ2) is 5.16. The third kappa shape index (κ3) is 2.34. The highest BCUT2D eigenvalue weighted by molar-refractivity contribution is 6.04. The van der Waals surface area contributed by atoms with Crippen LogP contribution >= 0.6 is 0 Å². The number of nitrogens with zero attached hydrogens (tertiary/aromatic N) is 1. The third-order valence-electron chi connectivity index (χ3n) is 2.97. The van der Waals surface area contributed by atoms with E-state index in [1.54, 1.807) is 18.2 Å². The van der Waals surface area contributed by atoms with Crippen LogP contribution < -0.4 is 5.32 Å². The van der Waals surface area contributed by atoms with Gasteiger partial charge in [-0.05, 0) is 12.5 Å². The van der Waals surface area contributed by atoms with E-state index in [9.17, 15) is 14.0 Å². The Bertz CT molecular complexity index is 476. The molecular weight excluding hydrogens is 235 g/mol. The summed E-state index contributed by atoms with van der Waals surface area (Å²) in [5.74, 6) is -0.679. The summed E-state index contributed by atoms with van der Waals surface area (Å²) in [5.41, 5.74) is 0.346. The van der Waals surface area contributed by atoms with Crippen molar-refractivity contribution in [3.63, 3.8) is 0 Å². The van der Waals surface area contributed by atoms with Crippen LogP contribution in [0.15, 0.2) is 24.3 Å². The second-order valence-electron chi connectivity index (χ2n) is 4.31. The highest BCUT2D eigenvalue weighted by Gasteiger charge is 2.37. The maximum absolute atomic E-state index is 13.5. The number of amides is 3. The fraction of sp³-hybridized carbons (Fsp3) is 0.385. The van der Waals surface area contributed by atoms with Crippen molar-refractivity contribution in [3.8, 4) is 0 Å². The summed E-state index contributed by atoms with van der Waals surface area (Å²) in [6.07, 6.45) is 1.42. The summed E-state index contributed by atoms with van der Waals surface area (Å²) in [4.78, 5) is 24.7. The molecule has 0 bridgehead atoms. The predicted octanol–water partition coefficient (Wildman–Crippen LogP) is 2.05. The van der Waals surface area contributed by atoms with Crippen molar-refractivity contribution in [2.24, 2.45) is 0 Å². The molecular formula is C13H15FN2O2. The number of hydrogen-bond acceptors (Lipinski definition) is 2. The maximum Gasteiger partial charge on any atom is 0.325 e. The van der Waals surface area contributed by atoms with Gasteiger partial charge in [-0.25, -0.2) is 9.18 Å². The van der Waals surface area contributed by atoms with Gasteiger partial charge in [0.25, 0.3) is 5.91 Å². The minimum absolute atomic E-state index is 0.0163. The molecule has 2 rings (SSSR count). The van der Waals surface area contributed by atoms with Gasteiger partial charge in [-0.3, -0.25) is 9.69 Å². The molecule has 1 aromatic rings. The Kier molecular flexibility index (Phi) is 3.60. The summed E-state index contributed by atoms with van der Waals surface area (Å²) in [6, 6.07) is 5.24. The van der Waals surface area contributed by atoms with Crippen LogP contribution in [0.5, 0.6) is 0 Å². The molecule has 18 heavy (non-hydrogen) atoms. The van der Waals surface area contributed by atoms with Crippen LogP contribution in [0.25, 0.3) is 0 Å². The Balaban J connectivity index is 2.12. The maximum atomic E-state index is 13.5. The quantitative estimate of drug-likeness (QED) is 0.831. The van der Waals surface area contributed by atoms with Crippen molar-refractivity contribution in [3.05, 3.63) is 35.6 Å². The Hall–Kier alpha value is -1.91. The number of carbonyl (C=O) groups excluding carboxylic acids is 2. The fourth-order valence-electron chi connectivity index (χ4n) is 2.01. The van der Waals surface area contributed by atoms with Crippen LogP contribution in [0.2, 0.25) is 0 Å². The summed E-state index contributed by atoms with van der Waals surface area (Å²) >= 11 is 0. The molecule has 1 aromatic carbocycles. The molecule has 3 amide bonds. The lowest BCUT2D eigenvalue weighted by Gasteiger charge is -2.13. The number of carbonyl (C=O) groups is 2. The second-order valence-corrected chi connectivity index (χ2v) is 4.31. The van der Waals surface area contributed by atoms with E-state index >= 15 is 0 Å². The van der Waals surface area contributed by atoms with Gasteiger partial charge in [0, 0.05) is 5.56 Å². The zero-order valence-electron chi connectivity index (χ0n) is 10.1. The van der Waals surface area contributed by atoms with Crippen molar-refractivity contribution in [2.75, 3.05) is 0 Å².